The first-order chi connectivity index (χ1) is 19.1. The molecular formula is C31H64NO7P. The standard InChI is InChI=1S/C31H64NO7P/c1-6-7-8-9-10-11-12-13-14-15-16-17-18-19-20-21-25-36-28-31(37-26-22-23-30(2)33)29-39-40(34,35)38-27-24-32(3,4)5/h31H,6-29H2,1-5H3/t31-/m0/s1. The van der Waals surface area contributed by atoms with E-state index >= 15 is 0 Å². The topological polar surface area (TPSA) is 94.1 Å². The molecule has 0 fully saturated rings. The Kier molecular flexibility index (Phi) is 26.1. The lowest BCUT2D eigenvalue weighted by Crippen LogP contribution is -2.37. The number of carbonyl (C=O) groups excluding carboxylic acids is 1. The van der Waals surface area contributed by atoms with Crippen LogP contribution < -0.4 is 4.89 Å². The van der Waals surface area contributed by atoms with Gasteiger partial charge in [-0.25, -0.2) is 0 Å². The number of rotatable bonds is 31. The van der Waals surface area contributed by atoms with E-state index in [1.807, 2.05) is 21.1 Å². The summed E-state index contributed by atoms with van der Waals surface area (Å²) in [6.45, 7) is 5.47. The summed E-state index contributed by atoms with van der Waals surface area (Å²) in [6.07, 6.45) is 21.7. The lowest BCUT2D eigenvalue weighted by atomic mass is 10.0. The zero-order chi connectivity index (χ0) is 30.0. The van der Waals surface area contributed by atoms with E-state index in [4.69, 9.17) is 18.5 Å². The number of hydrogen-bond donors (Lipinski definition) is 0. The Morgan fingerprint density at radius 3 is 1.68 bits per heavy atom. The average Bonchev–Trinajstić information content (AvgIpc) is 2.87. The van der Waals surface area contributed by atoms with Crippen LogP contribution in [0, 0.1) is 0 Å². The normalized spacial score (nSPS) is 14.3. The van der Waals surface area contributed by atoms with Crippen molar-refractivity contribution in [3.05, 3.63) is 0 Å². The molecule has 0 heterocycles. The van der Waals surface area contributed by atoms with E-state index in [9.17, 15) is 14.3 Å². The molecule has 0 saturated heterocycles. The summed E-state index contributed by atoms with van der Waals surface area (Å²) in [7, 11) is 1.46. The zero-order valence-corrected chi connectivity index (χ0v) is 27.7. The van der Waals surface area contributed by atoms with Crippen LogP contribution >= 0.6 is 7.82 Å². The van der Waals surface area contributed by atoms with Gasteiger partial charge in [0.15, 0.2) is 0 Å². The Hall–Kier alpha value is -0.340. The van der Waals surface area contributed by atoms with E-state index in [1.54, 1.807) is 6.92 Å². The summed E-state index contributed by atoms with van der Waals surface area (Å²) < 4.78 is 34.3. The SMILES string of the molecule is CCCCCCCCCCCCCCCCCCOC[C@@H](COP(=O)([O-])OCC[N+](C)(C)C)OCCCC(C)=O. The second kappa shape index (κ2) is 26.3. The van der Waals surface area contributed by atoms with E-state index in [1.165, 1.54) is 89.9 Å². The number of Topliss-reactive ketones (excluding diaryl/α,β-unsaturated/α-hetero) is 1. The van der Waals surface area contributed by atoms with E-state index in [2.05, 4.69) is 6.92 Å². The maximum absolute atomic E-state index is 12.1. The number of unbranched alkanes of at least 4 members (excludes halogenated alkanes) is 15. The lowest BCUT2D eigenvalue weighted by Gasteiger charge is -2.28. The highest BCUT2D eigenvalue weighted by Gasteiger charge is 2.18. The summed E-state index contributed by atoms with van der Waals surface area (Å²) >= 11 is 0. The number of nitrogens with zero attached hydrogens (tertiary/aromatic N) is 1. The zero-order valence-electron chi connectivity index (χ0n) is 26.8. The molecule has 9 heteroatoms. The van der Waals surface area contributed by atoms with Crippen LogP contribution in [0.5, 0.6) is 0 Å². The largest absolute Gasteiger partial charge is 0.756 e. The van der Waals surface area contributed by atoms with Crippen molar-refractivity contribution in [1.82, 2.24) is 0 Å². The van der Waals surface area contributed by atoms with Gasteiger partial charge in [-0.1, -0.05) is 103 Å². The van der Waals surface area contributed by atoms with Gasteiger partial charge in [-0.2, -0.15) is 0 Å². The minimum atomic E-state index is -4.42. The van der Waals surface area contributed by atoms with Gasteiger partial charge in [0, 0.05) is 19.6 Å². The molecule has 0 N–H and O–H groups in total. The van der Waals surface area contributed by atoms with Crippen molar-refractivity contribution < 1.29 is 37.3 Å². The maximum atomic E-state index is 12.1. The highest BCUT2D eigenvalue weighted by molar-refractivity contribution is 7.45. The summed E-state index contributed by atoms with van der Waals surface area (Å²) in [6, 6.07) is 0. The van der Waals surface area contributed by atoms with Gasteiger partial charge in [-0.3, -0.25) is 4.57 Å². The number of ether oxygens (including phenoxy) is 2. The van der Waals surface area contributed by atoms with Crippen LogP contribution in [0.15, 0.2) is 0 Å². The molecule has 2 atom stereocenters. The Labute approximate surface area is 247 Å². The summed E-state index contributed by atoms with van der Waals surface area (Å²) in [5, 5.41) is 0. The second-order valence-electron chi connectivity index (χ2n) is 12.3. The van der Waals surface area contributed by atoms with Crippen LogP contribution in [-0.4, -0.2) is 77.1 Å². The number of hydrogen-bond acceptors (Lipinski definition) is 7. The molecule has 0 aliphatic rings. The van der Waals surface area contributed by atoms with Gasteiger partial charge in [-0.05, 0) is 19.8 Å². The molecule has 0 aliphatic heterocycles. The quantitative estimate of drug-likeness (QED) is 0.0476. The van der Waals surface area contributed by atoms with Crippen molar-refractivity contribution in [2.75, 3.05) is 60.7 Å². The molecule has 0 rings (SSSR count). The Morgan fingerprint density at radius 1 is 0.700 bits per heavy atom. The average molecular weight is 594 g/mol. The minimum Gasteiger partial charge on any atom is -0.756 e. The fraction of sp³-hybridized carbons (Fsp3) is 0.968. The molecular weight excluding hydrogens is 529 g/mol. The third kappa shape index (κ3) is 30.6. The van der Waals surface area contributed by atoms with Crippen LogP contribution in [-0.2, 0) is 27.9 Å². The second-order valence-corrected chi connectivity index (χ2v) is 13.7. The van der Waals surface area contributed by atoms with Gasteiger partial charge in [0.05, 0.1) is 34.4 Å². The number of quaternary nitrogens is 1. The number of ketones is 1. The molecule has 1 unspecified atom stereocenters. The molecule has 0 radical (unpaired) electrons. The van der Waals surface area contributed by atoms with Crippen molar-refractivity contribution in [3.8, 4) is 0 Å². The van der Waals surface area contributed by atoms with Crippen LogP contribution in [0.1, 0.15) is 129 Å². The molecule has 0 spiro atoms. The smallest absolute Gasteiger partial charge is 0.268 e. The minimum absolute atomic E-state index is 0.0597. The maximum Gasteiger partial charge on any atom is 0.268 e. The van der Waals surface area contributed by atoms with Crippen molar-refractivity contribution in [2.24, 2.45) is 0 Å². The van der Waals surface area contributed by atoms with Crippen molar-refractivity contribution in [3.63, 3.8) is 0 Å². The van der Waals surface area contributed by atoms with Crippen molar-refractivity contribution in [1.29, 1.82) is 0 Å². The third-order valence-corrected chi connectivity index (χ3v) is 7.87. The summed E-state index contributed by atoms with van der Waals surface area (Å²) in [5.41, 5.74) is 0. The highest BCUT2D eigenvalue weighted by atomic mass is 31.2. The molecule has 0 amide bonds. The molecule has 0 aromatic rings. The number of phosphoric acid groups is 1. The van der Waals surface area contributed by atoms with Crippen molar-refractivity contribution >= 4 is 13.6 Å². The molecule has 40 heavy (non-hydrogen) atoms. The van der Waals surface area contributed by atoms with Crippen LogP contribution in [0.3, 0.4) is 0 Å². The summed E-state index contributed by atoms with van der Waals surface area (Å²) in [5.74, 6) is 0.103. The van der Waals surface area contributed by atoms with Crippen molar-refractivity contribution in [2.45, 2.75) is 136 Å². The Morgan fingerprint density at radius 2 is 1.20 bits per heavy atom. The lowest BCUT2D eigenvalue weighted by molar-refractivity contribution is -0.870. The first kappa shape index (κ1) is 39.7. The number of carbonyl (C=O) groups is 1. The molecule has 0 saturated carbocycles. The van der Waals surface area contributed by atoms with E-state index in [0.29, 0.717) is 37.1 Å². The van der Waals surface area contributed by atoms with Gasteiger partial charge >= 0.3 is 0 Å². The van der Waals surface area contributed by atoms with Gasteiger partial charge in [0.25, 0.3) is 7.82 Å². The number of phosphoric ester groups is 1. The van der Waals surface area contributed by atoms with E-state index in [0.717, 1.165) is 12.8 Å². The molecule has 240 valence electrons. The van der Waals surface area contributed by atoms with Gasteiger partial charge < -0.3 is 32.7 Å². The third-order valence-electron chi connectivity index (χ3n) is 6.90. The monoisotopic (exact) mass is 593 g/mol. The number of likely N-dealkylation sites (N-methyl/N-ethyl adjacent to an activating group) is 1. The highest BCUT2D eigenvalue weighted by Crippen LogP contribution is 2.38. The first-order valence-corrected chi connectivity index (χ1v) is 17.6. The Balaban J connectivity index is 3.90. The van der Waals surface area contributed by atoms with Gasteiger partial charge in [0.1, 0.15) is 25.0 Å². The summed E-state index contributed by atoms with van der Waals surface area (Å²) in [4.78, 5) is 23.3. The first-order valence-electron chi connectivity index (χ1n) is 16.1. The predicted molar refractivity (Wildman–Crippen MR) is 162 cm³/mol. The molecule has 0 bridgehead atoms. The van der Waals surface area contributed by atoms with E-state index in [-0.39, 0.29) is 25.6 Å². The van der Waals surface area contributed by atoms with Crippen LogP contribution in [0.25, 0.3) is 0 Å². The molecule has 0 aromatic heterocycles. The fourth-order valence-corrected chi connectivity index (χ4v) is 5.05. The predicted octanol–water partition coefficient (Wildman–Crippen LogP) is 7.23. The Bertz CT molecular complexity index is 627. The molecule has 0 aliphatic carbocycles. The molecule has 0 aromatic carbocycles. The van der Waals surface area contributed by atoms with E-state index < -0.39 is 13.9 Å². The fourth-order valence-electron chi connectivity index (χ4n) is 4.32. The van der Waals surface area contributed by atoms with Gasteiger partial charge in [0.2, 0.25) is 0 Å². The van der Waals surface area contributed by atoms with Crippen LogP contribution in [0.4, 0.5) is 0 Å². The molecule has 8 nitrogen and oxygen atoms in total. The van der Waals surface area contributed by atoms with Gasteiger partial charge in [-0.15, -0.1) is 0 Å². The van der Waals surface area contributed by atoms with Crippen LogP contribution in [0.2, 0.25) is 0 Å².